The summed E-state index contributed by atoms with van der Waals surface area (Å²) in [5.41, 5.74) is 0.0217. The van der Waals surface area contributed by atoms with Crippen molar-refractivity contribution in [3.63, 3.8) is 0 Å². The number of hydrogen-bond donors (Lipinski definition) is 1. The molecular formula is C10H16O2S2. The highest BCUT2D eigenvalue weighted by Crippen LogP contribution is 2.64. The number of carboxylic acid groups (broad SMARTS) is 1. The Balaban J connectivity index is 2.02. The summed E-state index contributed by atoms with van der Waals surface area (Å²) in [6.45, 7) is 4.18. The minimum absolute atomic E-state index is 0.0217. The molecule has 0 radical (unpaired) electrons. The van der Waals surface area contributed by atoms with E-state index in [1.807, 2.05) is 23.5 Å². The fourth-order valence-electron chi connectivity index (χ4n) is 2.37. The van der Waals surface area contributed by atoms with Gasteiger partial charge in [0.05, 0.1) is 10.5 Å². The quantitative estimate of drug-likeness (QED) is 0.794. The Morgan fingerprint density at radius 1 is 1.36 bits per heavy atom. The van der Waals surface area contributed by atoms with Gasteiger partial charge in [0.15, 0.2) is 0 Å². The van der Waals surface area contributed by atoms with Crippen LogP contribution in [0.4, 0.5) is 0 Å². The average molecular weight is 232 g/mol. The van der Waals surface area contributed by atoms with E-state index in [1.54, 1.807) is 0 Å². The summed E-state index contributed by atoms with van der Waals surface area (Å²) in [5, 5.41) is 9.07. The molecule has 2 aliphatic rings. The molecule has 0 aromatic rings. The molecule has 2 rings (SSSR count). The minimum atomic E-state index is -0.605. The predicted octanol–water partition coefficient (Wildman–Crippen LogP) is 2.54. The molecule has 80 valence electrons. The van der Waals surface area contributed by atoms with Crippen LogP contribution in [0.1, 0.15) is 20.3 Å². The molecule has 0 amide bonds. The summed E-state index contributed by atoms with van der Waals surface area (Å²) < 4.78 is 0.528. The summed E-state index contributed by atoms with van der Waals surface area (Å²) in [6, 6.07) is 0. The van der Waals surface area contributed by atoms with E-state index < -0.39 is 5.97 Å². The lowest BCUT2D eigenvalue weighted by atomic mass is 10.1. The van der Waals surface area contributed by atoms with Crippen LogP contribution >= 0.6 is 23.5 Å². The van der Waals surface area contributed by atoms with Gasteiger partial charge in [-0.25, -0.2) is 0 Å². The van der Waals surface area contributed by atoms with Gasteiger partial charge in [0.25, 0.3) is 0 Å². The van der Waals surface area contributed by atoms with Crippen molar-refractivity contribution < 1.29 is 9.90 Å². The largest absolute Gasteiger partial charge is 0.481 e. The first-order chi connectivity index (χ1) is 6.55. The first kappa shape index (κ1) is 10.7. The Morgan fingerprint density at radius 3 is 2.36 bits per heavy atom. The van der Waals surface area contributed by atoms with Gasteiger partial charge >= 0.3 is 5.97 Å². The third-order valence-corrected chi connectivity index (χ3v) is 6.43. The van der Waals surface area contributed by atoms with Crippen molar-refractivity contribution >= 4 is 29.5 Å². The Kier molecular flexibility index (Phi) is 2.77. The van der Waals surface area contributed by atoms with Crippen LogP contribution in [0.15, 0.2) is 0 Å². The number of hydrogen-bond acceptors (Lipinski definition) is 3. The maximum atomic E-state index is 11.0. The molecule has 2 nitrogen and oxygen atoms in total. The van der Waals surface area contributed by atoms with Gasteiger partial charge in [-0.1, -0.05) is 13.8 Å². The molecule has 0 spiro atoms. The lowest BCUT2D eigenvalue weighted by molar-refractivity contribution is -0.139. The fraction of sp³-hybridized carbons (Fsp3) is 0.900. The third kappa shape index (κ3) is 1.67. The summed E-state index contributed by atoms with van der Waals surface area (Å²) in [6.07, 6.45) is 1.27. The monoisotopic (exact) mass is 232 g/mol. The molecule has 0 unspecified atom stereocenters. The Labute approximate surface area is 93.2 Å². The normalized spacial score (nSPS) is 36.7. The predicted molar refractivity (Wildman–Crippen MR) is 61.7 cm³/mol. The first-order valence-electron chi connectivity index (χ1n) is 5.01. The highest BCUT2D eigenvalue weighted by molar-refractivity contribution is 8.17. The van der Waals surface area contributed by atoms with Crippen LogP contribution in [0.25, 0.3) is 0 Å². The van der Waals surface area contributed by atoms with Gasteiger partial charge in [-0.2, -0.15) is 0 Å². The summed E-state index contributed by atoms with van der Waals surface area (Å²) in [4.78, 5) is 11.0. The molecule has 0 aromatic carbocycles. The zero-order chi connectivity index (χ0) is 10.3. The van der Waals surface area contributed by atoms with Gasteiger partial charge in [-0.15, -0.1) is 23.5 Å². The molecule has 1 heterocycles. The topological polar surface area (TPSA) is 37.3 Å². The van der Waals surface area contributed by atoms with Crippen LogP contribution < -0.4 is 0 Å². The van der Waals surface area contributed by atoms with E-state index in [-0.39, 0.29) is 11.3 Å². The van der Waals surface area contributed by atoms with Gasteiger partial charge in [-0.3, -0.25) is 4.79 Å². The first-order valence-corrected chi connectivity index (χ1v) is 7.11. The van der Waals surface area contributed by atoms with Crippen molar-refractivity contribution in [2.24, 2.45) is 17.3 Å². The SMILES string of the molecule is CC1(C)[C@H](C(=O)O)[C@@H]1C1SCCCS1. The number of thioether (sulfide) groups is 2. The molecule has 1 N–H and O–H groups in total. The van der Waals surface area contributed by atoms with Crippen LogP contribution in [-0.2, 0) is 4.79 Å². The van der Waals surface area contributed by atoms with Crippen LogP contribution in [0.2, 0.25) is 0 Å². The Hall–Kier alpha value is 0.170. The second-order valence-corrected chi connectivity index (χ2v) is 7.42. The Morgan fingerprint density at radius 2 is 1.93 bits per heavy atom. The molecular weight excluding hydrogens is 216 g/mol. The van der Waals surface area contributed by atoms with Crippen molar-refractivity contribution in [3.05, 3.63) is 0 Å². The van der Waals surface area contributed by atoms with Gasteiger partial charge in [0.1, 0.15) is 0 Å². The molecule has 1 aliphatic heterocycles. The Bertz CT molecular complexity index is 247. The minimum Gasteiger partial charge on any atom is -0.481 e. The lowest BCUT2D eigenvalue weighted by Gasteiger charge is -2.21. The van der Waals surface area contributed by atoms with E-state index in [4.69, 9.17) is 5.11 Å². The van der Waals surface area contributed by atoms with Crippen molar-refractivity contribution in [1.82, 2.24) is 0 Å². The van der Waals surface area contributed by atoms with Crippen LogP contribution in [0.5, 0.6) is 0 Å². The fourth-order valence-corrected chi connectivity index (χ4v) is 6.03. The van der Waals surface area contributed by atoms with Crippen LogP contribution in [-0.4, -0.2) is 27.2 Å². The number of rotatable bonds is 2. The van der Waals surface area contributed by atoms with Crippen LogP contribution in [0.3, 0.4) is 0 Å². The van der Waals surface area contributed by atoms with E-state index in [1.165, 1.54) is 17.9 Å². The zero-order valence-electron chi connectivity index (χ0n) is 8.53. The zero-order valence-corrected chi connectivity index (χ0v) is 10.2. The highest BCUT2D eigenvalue weighted by Gasteiger charge is 2.65. The molecule has 4 heteroatoms. The number of carbonyl (C=O) groups is 1. The average Bonchev–Trinajstić information content (AvgIpc) is 2.71. The molecule has 1 saturated carbocycles. The van der Waals surface area contributed by atoms with Crippen molar-refractivity contribution in [2.45, 2.75) is 24.9 Å². The molecule has 2 fully saturated rings. The standard InChI is InChI=1S/C10H16O2S2/c1-10(2)6(8(11)12)7(10)9-13-4-3-5-14-9/h6-7,9H,3-5H2,1-2H3,(H,11,12)/t6-,7+/m0/s1. The van der Waals surface area contributed by atoms with E-state index in [2.05, 4.69) is 13.8 Å². The second-order valence-electron chi connectivity index (χ2n) is 4.63. The highest BCUT2D eigenvalue weighted by atomic mass is 32.2. The smallest absolute Gasteiger partial charge is 0.307 e. The lowest BCUT2D eigenvalue weighted by Crippen LogP contribution is -2.13. The van der Waals surface area contributed by atoms with Crippen molar-refractivity contribution in [1.29, 1.82) is 0 Å². The molecule has 1 saturated heterocycles. The van der Waals surface area contributed by atoms with Crippen molar-refractivity contribution in [2.75, 3.05) is 11.5 Å². The van der Waals surface area contributed by atoms with Crippen LogP contribution in [0, 0.1) is 17.3 Å². The molecule has 0 aromatic heterocycles. The van der Waals surface area contributed by atoms with Gasteiger partial charge in [-0.05, 0) is 29.3 Å². The number of carboxylic acids is 1. The van der Waals surface area contributed by atoms with Gasteiger partial charge < -0.3 is 5.11 Å². The molecule has 1 aliphatic carbocycles. The molecule has 0 bridgehead atoms. The summed E-state index contributed by atoms with van der Waals surface area (Å²) in [5.74, 6) is 2.08. The molecule has 2 atom stereocenters. The van der Waals surface area contributed by atoms with Gasteiger partial charge in [0, 0.05) is 0 Å². The van der Waals surface area contributed by atoms with E-state index >= 15 is 0 Å². The van der Waals surface area contributed by atoms with Crippen molar-refractivity contribution in [3.8, 4) is 0 Å². The maximum absolute atomic E-state index is 11.0. The second kappa shape index (κ2) is 3.63. The van der Waals surface area contributed by atoms with E-state index in [0.29, 0.717) is 10.5 Å². The third-order valence-electron chi connectivity index (χ3n) is 3.32. The van der Waals surface area contributed by atoms with E-state index in [0.717, 1.165) is 0 Å². The maximum Gasteiger partial charge on any atom is 0.307 e. The van der Waals surface area contributed by atoms with Gasteiger partial charge in [0.2, 0.25) is 0 Å². The van der Waals surface area contributed by atoms with E-state index in [9.17, 15) is 4.79 Å². The summed E-state index contributed by atoms with van der Waals surface area (Å²) in [7, 11) is 0. The summed E-state index contributed by atoms with van der Waals surface area (Å²) >= 11 is 3.91. The number of aliphatic carboxylic acids is 1. The molecule has 14 heavy (non-hydrogen) atoms.